The van der Waals surface area contributed by atoms with E-state index in [2.05, 4.69) is 20.9 Å². The van der Waals surface area contributed by atoms with Gasteiger partial charge in [-0.25, -0.2) is 9.78 Å². The number of carbonyl (C=O) groups is 1. The highest BCUT2D eigenvalue weighted by Gasteiger charge is 2.17. The largest absolute Gasteiger partial charge is 0.492 e. The van der Waals surface area contributed by atoms with E-state index in [1.54, 1.807) is 24.4 Å². The third-order valence-electron chi connectivity index (χ3n) is 3.98. The van der Waals surface area contributed by atoms with Crippen LogP contribution in [0.25, 0.3) is 5.65 Å². The Kier molecular flexibility index (Phi) is 5.99. The van der Waals surface area contributed by atoms with Crippen LogP contribution in [0.4, 0.5) is 0 Å². The molecular weight excluding hydrogens is 428 g/mol. The SMILES string of the molecule is CCOc1cc(C(=O)OCc2cc(=O)n3ccc(C)cc3n2)cc(Br)c1OC. The Hall–Kier alpha value is -2.87. The third kappa shape index (κ3) is 4.17. The fourth-order valence-electron chi connectivity index (χ4n) is 2.70. The zero-order valence-electron chi connectivity index (χ0n) is 15.7. The number of benzene rings is 1. The van der Waals surface area contributed by atoms with Crippen molar-refractivity contribution in [2.24, 2.45) is 0 Å². The summed E-state index contributed by atoms with van der Waals surface area (Å²) in [7, 11) is 1.52. The van der Waals surface area contributed by atoms with E-state index in [4.69, 9.17) is 14.2 Å². The molecule has 0 radical (unpaired) electrons. The van der Waals surface area contributed by atoms with E-state index in [1.807, 2.05) is 19.9 Å². The molecular formula is C20H19BrN2O5. The van der Waals surface area contributed by atoms with Gasteiger partial charge in [0.25, 0.3) is 5.56 Å². The highest BCUT2D eigenvalue weighted by Crippen LogP contribution is 2.36. The maximum Gasteiger partial charge on any atom is 0.338 e. The number of carbonyl (C=O) groups excluding carboxylic acids is 1. The van der Waals surface area contributed by atoms with Crippen molar-refractivity contribution in [2.75, 3.05) is 13.7 Å². The lowest BCUT2D eigenvalue weighted by Crippen LogP contribution is -2.16. The van der Waals surface area contributed by atoms with Gasteiger partial charge >= 0.3 is 5.97 Å². The molecule has 0 unspecified atom stereocenters. The van der Waals surface area contributed by atoms with Crippen molar-refractivity contribution in [3.63, 3.8) is 0 Å². The number of ether oxygens (including phenoxy) is 3. The van der Waals surface area contributed by atoms with Gasteiger partial charge in [0.15, 0.2) is 11.5 Å². The summed E-state index contributed by atoms with van der Waals surface area (Å²) in [6.45, 7) is 4.05. The average molecular weight is 447 g/mol. The van der Waals surface area contributed by atoms with Gasteiger partial charge in [0.1, 0.15) is 12.3 Å². The van der Waals surface area contributed by atoms with Gasteiger partial charge < -0.3 is 14.2 Å². The van der Waals surface area contributed by atoms with E-state index < -0.39 is 5.97 Å². The van der Waals surface area contributed by atoms with Gasteiger partial charge in [0, 0.05) is 12.3 Å². The molecule has 0 saturated heterocycles. The van der Waals surface area contributed by atoms with Crippen molar-refractivity contribution >= 4 is 27.5 Å². The van der Waals surface area contributed by atoms with Crippen LogP contribution in [-0.4, -0.2) is 29.1 Å². The van der Waals surface area contributed by atoms with Crippen molar-refractivity contribution < 1.29 is 19.0 Å². The van der Waals surface area contributed by atoms with Crippen molar-refractivity contribution in [1.82, 2.24) is 9.38 Å². The second-order valence-corrected chi connectivity index (χ2v) is 6.87. The maximum absolute atomic E-state index is 12.5. The Morgan fingerprint density at radius 2 is 2.04 bits per heavy atom. The Bertz CT molecular complexity index is 1090. The van der Waals surface area contributed by atoms with Crippen LogP contribution in [-0.2, 0) is 11.3 Å². The first-order valence-electron chi connectivity index (χ1n) is 8.59. The number of halogens is 1. The number of esters is 1. The minimum atomic E-state index is -0.560. The molecule has 3 aromatic rings. The minimum absolute atomic E-state index is 0.119. The van der Waals surface area contributed by atoms with E-state index in [9.17, 15) is 9.59 Å². The first kappa shape index (κ1) is 19.9. The van der Waals surface area contributed by atoms with E-state index >= 15 is 0 Å². The van der Waals surface area contributed by atoms with Crippen LogP contribution < -0.4 is 15.0 Å². The van der Waals surface area contributed by atoms with Crippen LogP contribution in [0.3, 0.4) is 0 Å². The normalized spacial score (nSPS) is 10.7. The monoisotopic (exact) mass is 446 g/mol. The van der Waals surface area contributed by atoms with E-state index in [-0.39, 0.29) is 12.2 Å². The van der Waals surface area contributed by atoms with Gasteiger partial charge in [-0.15, -0.1) is 0 Å². The smallest absolute Gasteiger partial charge is 0.338 e. The first-order chi connectivity index (χ1) is 13.4. The molecule has 0 aliphatic rings. The molecule has 0 saturated carbocycles. The number of rotatable bonds is 6. The standard InChI is InChI=1S/C20H19BrN2O5/c1-4-27-16-9-13(8-15(21)19(16)26-3)20(25)28-11-14-10-18(24)23-6-5-12(2)7-17(23)22-14/h5-10H,4,11H2,1-3H3. The second kappa shape index (κ2) is 8.43. The Morgan fingerprint density at radius 1 is 1.25 bits per heavy atom. The molecule has 8 heteroatoms. The van der Waals surface area contributed by atoms with Gasteiger partial charge in [-0.3, -0.25) is 9.20 Å². The topological polar surface area (TPSA) is 79.1 Å². The van der Waals surface area contributed by atoms with Crippen LogP contribution in [0.5, 0.6) is 11.5 Å². The minimum Gasteiger partial charge on any atom is -0.492 e. The molecule has 0 aliphatic heterocycles. The lowest BCUT2D eigenvalue weighted by Gasteiger charge is -2.13. The van der Waals surface area contributed by atoms with Crippen LogP contribution in [0.1, 0.15) is 28.5 Å². The average Bonchev–Trinajstić information content (AvgIpc) is 2.65. The highest BCUT2D eigenvalue weighted by atomic mass is 79.9. The van der Waals surface area contributed by atoms with Gasteiger partial charge in [0.2, 0.25) is 0 Å². The number of pyridine rings is 1. The Labute approximate surface area is 170 Å². The van der Waals surface area contributed by atoms with Gasteiger partial charge in [-0.1, -0.05) is 0 Å². The predicted molar refractivity (Wildman–Crippen MR) is 107 cm³/mol. The molecule has 2 aromatic heterocycles. The molecule has 0 N–H and O–H groups in total. The fourth-order valence-corrected chi connectivity index (χ4v) is 3.30. The molecule has 0 aliphatic carbocycles. The quantitative estimate of drug-likeness (QED) is 0.538. The number of methoxy groups -OCH3 is 1. The summed E-state index contributed by atoms with van der Waals surface area (Å²) >= 11 is 3.37. The van der Waals surface area contributed by atoms with E-state index in [0.717, 1.165) is 5.56 Å². The highest BCUT2D eigenvalue weighted by molar-refractivity contribution is 9.10. The number of aryl methyl sites for hydroxylation is 1. The summed E-state index contributed by atoms with van der Waals surface area (Å²) < 4.78 is 18.2. The molecule has 7 nitrogen and oxygen atoms in total. The Balaban J connectivity index is 1.82. The van der Waals surface area contributed by atoms with Crippen molar-refractivity contribution in [2.45, 2.75) is 20.5 Å². The summed E-state index contributed by atoms with van der Waals surface area (Å²) in [5.41, 5.74) is 1.92. The molecule has 0 atom stereocenters. The van der Waals surface area contributed by atoms with E-state index in [0.29, 0.717) is 39.5 Å². The number of hydrogen-bond acceptors (Lipinski definition) is 6. The van der Waals surface area contributed by atoms with Gasteiger partial charge in [0.05, 0.1) is 29.4 Å². The summed E-state index contributed by atoms with van der Waals surface area (Å²) in [6.07, 6.45) is 1.67. The summed E-state index contributed by atoms with van der Waals surface area (Å²) in [5, 5.41) is 0. The molecule has 0 fully saturated rings. The summed E-state index contributed by atoms with van der Waals surface area (Å²) in [6, 6.07) is 8.12. The zero-order valence-corrected chi connectivity index (χ0v) is 17.3. The number of hydrogen-bond donors (Lipinski definition) is 0. The lowest BCUT2D eigenvalue weighted by atomic mass is 10.2. The number of aromatic nitrogens is 2. The van der Waals surface area contributed by atoms with Crippen molar-refractivity contribution in [3.8, 4) is 11.5 Å². The third-order valence-corrected chi connectivity index (χ3v) is 4.57. The lowest BCUT2D eigenvalue weighted by molar-refractivity contribution is 0.0467. The van der Waals surface area contributed by atoms with Crippen molar-refractivity contribution in [1.29, 1.82) is 0 Å². The maximum atomic E-state index is 12.5. The second-order valence-electron chi connectivity index (χ2n) is 6.02. The molecule has 146 valence electrons. The predicted octanol–water partition coefficient (Wildman–Crippen LogP) is 3.53. The zero-order chi connectivity index (χ0) is 20.3. The van der Waals surface area contributed by atoms with Crippen LogP contribution in [0, 0.1) is 6.92 Å². The Morgan fingerprint density at radius 3 is 2.75 bits per heavy atom. The fraction of sp³-hybridized carbons (Fsp3) is 0.250. The number of nitrogens with zero attached hydrogens (tertiary/aromatic N) is 2. The molecule has 0 spiro atoms. The van der Waals surface area contributed by atoms with E-state index in [1.165, 1.54) is 17.6 Å². The van der Waals surface area contributed by atoms with Crippen LogP contribution in [0.2, 0.25) is 0 Å². The molecule has 2 heterocycles. The first-order valence-corrected chi connectivity index (χ1v) is 9.38. The molecule has 28 heavy (non-hydrogen) atoms. The molecule has 0 amide bonds. The van der Waals surface area contributed by atoms with Gasteiger partial charge in [-0.05, 0) is 59.6 Å². The van der Waals surface area contributed by atoms with Crippen molar-refractivity contribution in [3.05, 3.63) is 68.2 Å². The summed E-state index contributed by atoms with van der Waals surface area (Å²) in [5.74, 6) is 0.373. The molecule has 3 rings (SSSR count). The summed E-state index contributed by atoms with van der Waals surface area (Å²) in [4.78, 5) is 29.1. The van der Waals surface area contributed by atoms with Crippen LogP contribution in [0.15, 0.2) is 45.8 Å². The molecule has 0 bridgehead atoms. The van der Waals surface area contributed by atoms with Gasteiger partial charge in [-0.2, -0.15) is 0 Å². The van der Waals surface area contributed by atoms with Crippen LogP contribution >= 0.6 is 15.9 Å². The number of fused-ring (bicyclic) bond motifs is 1. The molecule has 1 aromatic carbocycles.